The lowest BCUT2D eigenvalue weighted by atomic mass is 10.0. The fourth-order valence-electron chi connectivity index (χ4n) is 1.71. The molecule has 1 N–H and O–H groups in total. The van der Waals surface area contributed by atoms with Gasteiger partial charge in [-0.2, -0.15) is 4.31 Å². The van der Waals surface area contributed by atoms with Crippen LogP contribution in [0.25, 0.3) is 0 Å². The number of hydrogen-bond acceptors (Lipinski definition) is 3. The molecule has 1 fully saturated rings. The van der Waals surface area contributed by atoms with E-state index in [4.69, 9.17) is 0 Å². The summed E-state index contributed by atoms with van der Waals surface area (Å²) in [5.41, 5.74) is -1.08. The maximum absolute atomic E-state index is 13.4. The van der Waals surface area contributed by atoms with Crippen molar-refractivity contribution < 1.29 is 22.3 Å². The molecule has 4 nitrogen and oxygen atoms in total. The maximum Gasteiger partial charge on any atom is 0.246 e. The van der Waals surface area contributed by atoms with Gasteiger partial charge in [-0.1, -0.05) is 0 Å². The van der Waals surface area contributed by atoms with Crippen LogP contribution in [0.4, 0.5) is 8.78 Å². The van der Waals surface area contributed by atoms with Gasteiger partial charge >= 0.3 is 0 Å². The number of halogens is 2. The molecule has 1 aliphatic heterocycles. The number of nitrogens with zero attached hydrogens (tertiary/aromatic N) is 1. The van der Waals surface area contributed by atoms with Crippen LogP contribution in [0.5, 0.6) is 0 Å². The second-order valence-corrected chi connectivity index (χ2v) is 6.25. The minimum absolute atomic E-state index is 0.0911. The first-order chi connectivity index (χ1) is 7.72. The van der Waals surface area contributed by atoms with Crippen molar-refractivity contribution in [3.05, 3.63) is 29.8 Å². The van der Waals surface area contributed by atoms with E-state index in [0.29, 0.717) is 6.07 Å². The molecule has 0 aromatic heterocycles. The lowest BCUT2D eigenvalue weighted by Gasteiger charge is -2.42. The molecule has 1 heterocycles. The molecule has 0 aliphatic carbocycles. The number of aliphatic hydroxyl groups is 1. The summed E-state index contributed by atoms with van der Waals surface area (Å²) in [6, 6.07) is 2.28. The Bertz CT molecular complexity index is 549. The fraction of sp³-hybridized carbons (Fsp3) is 0.400. The molecule has 2 rings (SSSR count). The number of rotatable bonds is 2. The van der Waals surface area contributed by atoms with E-state index in [-0.39, 0.29) is 13.1 Å². The Labute approximate surface area is 97.5 Å². The van der Waals surface area contributed by atoms with Crippen molar-refractivity contribution in [1.82, 2.24) is 4.31 Å². The van der Waals surface area contributed by atoms with E-state index >= 15 is 0 Å². The molecule has 7 heteroatoms. The Hall–Kier alpha value is -1.05. The summed E-state index contributed by atoms with van der Waals surface area (Å²) >= 11 is 0. The second kappa shape index (κ2) is 3.72. The average molecular weight is 263 g/mol. The predicted molar refractivity (Wildman–Crippen MR) is 55.7 cm³/mol. The second-order valence-electron chi connectivity index (χ2n) is 4.34. The third-order valence-electron chi connectivity index (χ3n) is 2.55. The molecular weight excluding hydrogens is 252 g/mol. The Balaban J connectivity index is 2.34. The van der Waals surface area contributed by atoms with Gasteiger partial charge in [-0.05, 0) is 19.1 Å². The van der Waals surface area contributed by atoms with Gasteiger partial charge in [0.05, 0.1) is 5.60 Å². The van der Waals surface area contributed by atoms with Gasteiger partial charge in [0.1, 0.15) is 16.5 Å². The number of hydrogen-bond donors (Lipinski definition) is 1. The van der Waals surface area contributed by atoms with E-state index < -0.39 is 32.2 Å². The quantitative estimate of drug-likeness (QED) is 0.855. The smallest absolute Gasteiger partial charge is 0.246 e. The highest BCUT2D eigenvalue weighted by molar-refractivity contribution is 7.89. The summed E-state index contributed by atoms with van der Waals surface area (Å²) in [6.45, 7) is 1.30. The minimum Gasteiger partial charge on any atom is -0.387 e. The molecule has 1 aromatic rings. The van der Waals surface area contributed by atoms with Crippen molar-refractivity contribution in [2.45, 2.75) is 17.4 Å². The lowest BCUT2D eigenvalue weighted by molar-refractivity contribution is -0.0427. The van der Waals surface area contributed by atoms with Crippen molar-refractivity contribution in [3.63, 3.8) is 0 Å². The van der Waals surface area contributed by atoms with Gasteiger partial charge in [0.15, 0.2) is 0 Å². The highest BCUT2D eigenvalue weighted by Gasteiger charge is 2.44. The molecule has 0 atom stereocenters. The van der Waals surface area contributed by atoms with E-state index in [1.165, 1.54) is 6.92 Å². The summed E-state index contributed by atoms with van der Waals surface area (Å²) < 4.78 is 50.7. The summed E-state index contributed by atoms with van der Waals surface area (Å²) in [7, 11) is -3.99. The maximum atomic E-state index is 13.4. The van der Waals surface area contributed by atoms with Gasteiger partial charge in [-0.25, -0.2) is 17.2 Å². The van der Waals surface area contributed by atoms with E-state index in [1.807, 2.05) is 0 Å². The Morgan fingerprint density at radius 3 is 2.41 bits per heavy atom. The first-order valence-electron chi connectivity index (χ1n) is 4.90. The summed E-state index contributed by atoms with van der Waals surface area (Å²) in [6.07, 6.45) is 0. The Kier molecular flexibility index (Phi) is 2.72. The molecule has 0 bridgehead atoms. The van der Waals surface area contributed by atoms with Crippen molar-refractivity contribution in [2.24, 2.45) is 0 Å². The van der Waals surface area contributed by atoms with Crippen LogP contribution in [0.1, 0.15) is 6.92 Å². The van der Waals surface area contributed by atoms with Gasteiger partial charge in [-0.15, -0.1) is 0 Å². The van der Waals surface area contributed by atoms with E-state index in [1.54, 1.807) is 0 Å². The van der Waals surface area contributed by atoms with Crippen LogP contribution < -0.4 is 0 Å². The summed E-state index contributed by atoms with van der Waals surface area (Å²) in [4.78, 5) is -0.575. The monoisotopic (exact) mass is 263 g/mol. The van der Waals surface area contributed by atoms with Gasteiger partial charge < -0.3 is 5.11 Å². The summed E-state index contributed by atoms with van der Waals surface area (Å²) in [5, 5.41) is 9.45. The highest BCUT2D eigenvalue weighted by Crippen LogP contribution is 2.28. The largest absolute Gasteiger partial charge is 0.387 e. The van der Waals surface area contributed by atoms with Crippen LogP contribution in [0.15, 0.2) is 23.1 Å². The molecule has 17 heavy (non-hydrogen) atoms. The minimum atomic E-state index is -3.99. The average Bonchev–Trinajstić information content (AvgIpc) is 2.13. The first kappa shape index (κ1) is 12.4. The predicted octanol–water partition coefficient (Wildman–Crippen LogP) is 0.720. The summed E-state index contributed by atoms with van der Waals surface area (Å²) in [5.74, 6) is -1.96. The number of sulfonamides is 1. The van der Waals surface area contributed by atoms with Crippen molar-refractivity contribution in [3.8, 4) is 0 Å². The molecule has 0 unspecified atom stereocenters. The molecule has 1 aliphatic rings. The van der Waals surface area contributed by atoms with Gasteiger partial charge in [0.2, 0.25) is 10.0 Å². The van der Waals surface area contributed by atoms with Crippen molar-refractivity contribution in [1.29, 1.82) is 0 Å². The van der Waals surface area contributed by atoms with E-state index in [2.05, 4.69) is 0 Å². The zero-order valence-electron chi connectivity index (χ0n) is 9.02. The zero-order chi connectivity index (χ0) is 12.8. The molecule has 0 radical (unpaired) electrons. The van der Waals surface area contributed by atoms with Crippen LogP contribution in [-0.4, -0.2) is 36.5 Å². The van der Waals surface area contributed by atoms with Gasteiger partial charge in [0.25, 0.3) is 0 Å². The third kappa shape index (κ3) is 2.18. The van der Waals surface area contributed by atoms with Crippen molar-refractivity contribution >= 4 is 10.0 Å². The van der Waals surface area contributed by atoms with Crippen molar-refractivity contribution in [2.75, 3.05) is 13.1 Å². The number of β-amino-alcohol motifs (C(OH)–C–C–N with tert-alkyl or cyclic N) is 1. The van der Waals surface area contributed by atoms with Gasteiger partial charge in [0, 0.05) is 19.2 Å². The Morgan fingerprint density at radius 2 is 1.94 bits per heavy atom. The van der Waals surface area contributed by atoms with E-state index in [9.17, 15) is 22.3 Å². The normalized spacial score (nSPS) is 20.0. The lowest BCUT2D eigenvalue weighted by Crippen LogP contribution is -2.61. The van der Waals surface area contributed by atoms with Gasteiger partial charge in [-0.3, -0.25) is 0 Å². The highest BCUT2D eigenvalue weighted by atomic mass is 32.2. The molecule has 0 amide bonds. The molecule has 94 valence electrons. The topological polar surface area (TPSA) is 57.6 Å². The third-order valence-corrected chi connectivity index (χ3v) is 4.37. The van der Waals surface area contributed by atoms with Crippen LogP contribution in [0.2, 0.25) is 0 Å². The van der Waals surface area contributed by atoms with Crippen LogP contribution in [0, 0.1) is 11.6 Å². The zero-order valence-corrected chi connectivity index (χ0v) is 9.84. The first-order valence-corrected chi connectivity index (χ1v) is 6.34. The molecule has 1 saturated heterocycles. The van der Waals surface area contributed by atoms with Crippen LogP contribution in [-0.2, 0) is 10.0 Å². The Morgan fingerprint density at radius 1 is 1.35 bits per heavy atom. The van der Waals surface area contributed by atoms with Crippen LogP contribution in [0.3, 0.4) is 0 Å². The molecular formula is C10H11F2NO3S. The van der Waals surface area contributed by atoms with E-state index in [0.717, 1.165) is 16.4 Å². The molecule has 0 spiro atoms. The molecule has 1 aromatic carbocycles. The SMILES string of the molecule is CC1(O)CN(S(=O)(=O)c2ccc(F)cc2F)C1. The number of benzene rings is 1. The van der Waals surface area contributed by atoms with Crippen LogP contribution >= 0.6 is 0 Å². The standard InChI is InChI=1S/C10H11F2NO3S/c1-10(14)5-13(6-10)17(15,16)9-3-2-7(11)4-8(9)12/h2-4,14H,5-6H2,1H3. The fourth-order valence-corrected chi connectivity index (χ4v) is 3.43. The molecule has 0 saturated carbocycles.